The van der Waals surface area contributed by atoms with Crippen LogP contribution in [0.3, 0.4) is 0 Å². The van der Waals surface area contributed by atoms with Gasteiger partial charge < -0.3 is 9.42 Å². The highest BCUT2D eigenvalue weighted by Crippen LogP contribution is 2.31. The normalized spacial score (nSPS) is 15.3. The fourth-order valence-electron chi connectivity index (χ4n) is 3.45. The van der Waals surface area contributed by atoms with E-state index in [4.69, 9.17) is 4.52 Å². The van der Waals surface area contributed by atoms with Gasteiger partial charge in [0.05, 0.1) is 12.1 Å². The first kappa shape index (κ1) is 21.0. The van der Waals surface area contributed by atoms with Crippen LogP contribution in [-0.4, -0.2) is 52.0 Å². The zero-order valence-corrected chi connectivity index (χ0v) is 16.9. The molecule has 6 nitrogen and oxygen atoms in total. The Labute approximate surface area is 177 Å². The van der Waals surface area contributed by atoms with Crippen molar-refractivity contribution in [1.82, 2.24) is 19.9 Å². The molecule has 1 saturated heterocycles. The van der Waals surface area contributed by atoms with Gasteiger partial charge in [0, 0.05) is 37.3 Å². The monoisotopic (exact) mass is 430 g/mol. The maximum atomic E-state index is 12.9. The summed E-state index contributed by atoms with van der Waals surface area (Å²) in [5, 5.41) is 3.90. The summed E-state index contributed by atoms with van der Waals surface area (Å²) in [7, 11) is 0. The highest BCUT2D eigenvalue weighted by atomic mass is 19.4. The number of carbonyl (C=O) groups is 1. The van der Waals surface area contributed by atoms with Crippen molar-refractivity contribution in [3.63, 3.8) is 0 Å². The Kier molecular flexibility index (Phi) is 5.77. The number of amides is 1. The predicted molar refractivity (Wildman–Crippen MR) is 107 cm³/mol. The van der Waals surface area contributed by atoms with Crippen molar-refractivity contribution in [3.05, 3.63) is 71.0 Å². The van der Waals surface area contributed by atoms with Crippen LogP contribution in [0.1, 0.15) is 27.3 Å². The van der Waals surface area contributed by atoms with Crippen molar-refractivity contribution in [2.75, 3.05) is 26.2 Å². The molecule has 0 atom stereocenters. The number of alkyl halides is 3. The molecule has 4 rings (SSSR count). The minimum atomic E-state index is -4.44. The lowest BCUT2D eigenvalue weighted by molar-refractivity contribution is -0.137. The van der Waals surface area contributed by atoms with Gasteiger partial charge in [-0.15, -0.1) is 0 Å². The average molecular weight is 430 g/mol. The van der Waals surface area contributed by atoms with Crippen LogP contribution in [0, 0.1) is 6.92 Å². The van der Waals surface area contributed by atoms with Crippen LogP contribution >= 0.6 is 0 Å². The van der Waals surface area contributed by atoms with E-state index in [2.05, 4.69) is 15.0 Å². The molecule has 0 aliphatic carbocycles. The van der Waals surface area contributed by atoms with E-state index in [-0.39, 0.29) is 17.4 Å². The van der Waals surface area contributed by atoms with E-state index >= 15 is 0 Å². The van der Waals surface area contributed by atoms with Crippen LogP contribution in [-0.2, 0) is 12.7 Å². The van der Waals surface area contributed by atoms with E-state index < -0.39 is 11.7 Å². The minimum Gasteiger partial charge on any atom is -0.336 e. The summed E-state index contributed by atoms with van der Waals surface area (Å²) >= 11 is 0. The molecule has 0 N–H and O–H groups in total. The Morgan fingerprint density at radius 1 is 1.06 bits per heavy atom. The van der Waals surface area contributed by atoms with Gasteiger partial charge in [0.1, 0.15) is 0 Å². The third-order valence-electron chi connectivity index (χ3n) is 5.23. The van der Waals surface area contributed by atoms with Crippen molar-refractivity contribution >= 4 is 5.91 Å². The highest BCUT2D eigenvalue weighted by molar-refractivity contribution is 5.94. The van der Waals surface area contributed by atoms with Gasteiger partial charge >= 0.3 is 6.18 Å². The molecule has 2 heterocycles. The number of aromatic nitrogens is 2. The quantitative estimate of drug-likeness (QED) is 0.626. The molecule has 1 aliphatic rings. The first-order valence-corrected chi connectivity index (χ1v) is 9.88. The fraction of sp³-hybridized carbons (Fsp3) is 0.318. The second-order valence-corrected chi connectivity index (χ2v) is 7.53. The molecule has 1 amide bonds. The fourth-order valence-corrected chi connectivity index (χ4v) is 3.45. The van der Waals surface area contributed by atoms with E-state index in [1.807, 2.05) is 36.1 Å². The topological polar surface area (TPSA) is 62.5 Å². The summed E-state index contributed by atoms with van der Waals surface area (Å²) in [5.74, 6) is 0.450. The first-order valence-electron chi connectivity index (χ1n) is 9.88. The van der Waals surface area contributed by atoms with Crippen LogP contribution in [0.15, 0.2) is 53.1 Å². The zero-order chi connectivity index (χ0) is 22.0. The Hall–Kier alpha value is -3.20. The number of benzene rings is 2. The molecule has 3 aromatic rings. The lowest BCUT2D eigenvalue weighted by atomic mass is 10.1. The van der Waals surface area contributed by atoms with Gasteiger partial charge in [0.2, 0.25) is 0 Å². The largest absolute Gasteiger partial charge is 0.416 e. The number of hydrogen-bond donors (Lipinski definition) is 0. The number of carbonyl (C=O) groups excluding carboxylic acids is 1. The van der Waals surface area contributed by atoms with Crippen LogP contribution in [0.2, 0.25) is 0 Å². The van der Waals surface area contributed by atoms with E-state index in [0.29, 0.717) is 44.1 Å². The number of nitrogens with zero attached hydrogens (tertiary/aromatic N) is 4. The van der Waals surface area contributed by atoms with Gasteiger partial charge in [-0.3, -0.25) is 9.69 Å². The number of piperazine rings is 1. The summed E-state index contributed by atoms with van der Waals surface area (Å²) in [4.78, 5) is 20.8. The molecule has 1 fully saturated rings. The maximum absolute atomic E-state index is 12.9. The summed E-state index contributed by atoms with van der Waals surface area (Å²) < 4.78 is 43.9. The van der Waals surface area contributed by atoms with E-state index in [0.717, 1.165) is 17.7 Å². The summed E-state index contributed by atoms with van der Waals surface area (Å²) in [6.45, 7) is 4.81. The van der Waals surface area contributed by atoms with Crippen molar-refractivity contribution in [3.8, 4) is 11.5 Å². The predicted octanol–water partition coefficient (Wildman–Crippen LogP) is 4.02. The van der Waals surface area contributed by atoms with E-state index in [1.54, 1.807) is 0 Å². The average Bonchev–Trinajstić information content (AvgIpc) is 3.22. The van der Waals surface area contributed by atoms with Crippen LogP contribution < -0.4 is 0 Å². The van der Waals surface area contributed by atoms with Crippen LogP contribution in [0.5, 0.6) is 0 Å². The van der Waals surface area contributed by atoms with Gasteiger partial charge in [0.25, 0.3) is 11.8 Å². The number of halogens is 3. The Morgan fingerprint density at radius 3 is 2.45 bits per heavy atom. The minimum absolute atomic E-state index is 0.00560. The van der Waals surface area contributed by atoms with Crippen molar-refractivity contribution < 1.29 is 22.5 Å². The Morgan fingerprint density at radius 2 is 1.77 bits per heavy atom. The van der Waals surface area contributed by atoms with E-state index in [1.165, 1.54) is 12.1 Å². The Balaban J connectivity index is 1.35. The standard InChI is InChI=1S/C22H21F3N4O2/c1-15-5-7-16(8-6-15)21(30)29-11-9-28(10-12-29)14-19-26-20(31-27-19)17-3-2-4-18(13-17)22(23,24)25/h2-8,13H,9-12,14H2,1H3. The molecule has 1 aromatic heterocycles. The second kappa shape index (κ2) is 8.50. The SMILES string of the molecule is Cc1ccc(C(=O)N2CCN(Cc3noc(-c4cccc(C(F)(F)F)c4)n3)CC2)cc1. The van der Waals surface area contributed by atoms with Gasteiger partial charge in [-0.2, -0.15) is 18.2 Å². The van der Waals surface area contributed by atoms with Gasteiger partial charge in [0.15, 0.2) is 5.82 Å². The van der Waals surface area contributed by atoms with Crippen LogP contribution in [0.25, 0.3) is 11.5 Å². The molecule has 162 valence electrons. The number of hydrogen-bond acceptors (Lipinski definition) is 5. The van der Waals surface area contributed by atoms with Gasteiger partial charge in [-0.1, -0.05) is 28.9 Å². The highest BCUT2D eigenvalue weighted by Gasteiger charge is 2.31. The van der Waals surface area contributed by atoms with E-state index in [9.17, 15) is 18.0 Å². The Bertz CT molecular complexity index is 1060. The molecule has 31 heavy (non-hydrogen) atoms. The molecule has 0 saturated carbocycles. The third kappa shape index (κ3) is 4.93. The van der Waals surface area contributed by atoms with Crippen molar-refractivity contribution in [1.29, 1.82) is 0 Å². The lowest BCUT2D eigenvalue weighted by Gasteiger charge is -2.34. The number of aryl methyl sites for hydroxylation is 1. The molecular formula is C22H21F3N4O2. The maximum Gasteiger partial charge on any atom is 0.416 e. The molecule has 0 bridgehead atoms. The molecule has 2 aromatic carbocycles. The molecule has 1 aliphatic heterocycles. The smallest absolute Gasteiger partial charge is 0.336 e. The summed E-state index contributed by atoms with van der Waals surface area (Å²) in [5.41, 5.74) is 1.23. The number of rotatable bonds is 4. The van der Waals surface area contributed by atoms with Crippen LogP contribution in [0.4, 0.5) is 13.2 Å². The van der Waals surface area contributed by atoms with Gasteiger partial charge in [-0.25, -0.2) is 0 Å². The lowest BCUT2D eigenvalue weighted by Crippen LogP contribution is -2.48. The summed E-state index contributed by atoms with van der Waals surface area (Å²) in [6, 6.07) is 12.3. The molecule has 0 unspecified atom stereocenters. The molecule has 0 radical (unpaired) electrons. The molecule has 9 heteroatoms. The van der Waals surface area contributed by atoms with Gasteiger partial charge in [-0.05, 0) is 37.3 Å². The summed E-state index contributed by atoms with van der Waals surface area (Å²) in [6.07, 6.45) is -4.44. The zero-order valence-electron chi connectivity index (χ0n) is 16.9. The second-order valence-electron chi connectivity index (χ2n) is 7.53. The molecule has 0 spiro atoms. The van der Waals surface area contributed by atoms with Crippen molar-refractivity contribution in [2.45, 2.75) is 19.6 Å². The third-order valence-corrected chi connectivity index (χ3v) is 5.23. The van der Waals surface area contributed by atoms with Crippen molar-refractivity contribution in [2.24, 2.45) is 0 Å². The first-order chi connectivity index (χ1) is 14.8. The molecular weight excluding hydrogens is 409 g/mol.